The average molecular weight is 159 g/mol. The Hall–Kier alpha value is -1.04. The molecule has 0 saturated carbocycles. The van der Waals surface area contributed by atoms with Gasteiger partial charge in [0.2, 0.25) is 0 Å². The molecule has 0 spiro atoms. The topological polar surface area (TPSA) is 0 Å². The quantitative estimate of drug-likeness (QED) is 0.628. The number of hydrogen-bond donors (Lipinski definition) is 0. The molecule has 63 valence electrons. The van der Waals surface area contributed by atoms with Gasteiger partial charge in [0.1, 0.15) is 0 Å². The molecule has 0 unspecified atom stereocenters. The largest absolute Gasteiger partial charge is 0.0654 e. The van der Waals surface area contributed by atoms with E-state index in [1.54, 1.807) is 0 Å². The Balaban J connectivity index is 2.54. The van der Waals surface area contributed by atoms with Crippen LogP contribution in [0.15, 0.2) is 30.3 Å². The number of rotatable bonds is 4. The molecule has 1 aromatic carbocycles. The molecule has 0 heteroatoms. The molecule has 0 aliphatic carbocycles. The predicted octanol–water partition coefficient (Wildman–Crippen LogP) is 3.69. The summed E-state index contributed by atoms with van der Waals surface area (Å²) in [6.45, 7) is 8.08. The van der Waals surface area contributed by atoms with Gasteiger partial charge in [0.15, 0.2) is 0 Å². The fourth-order valence-electron chi connectivity index (χ4n) is 1.16. The van der Waals surface area contributed by atoms with Crippen molar-refractivity contribution in [3.63, 3.8) is 0 Å². The van der Waals surface area contributed by atoms with E-state index in [1.807, 2.05) is 18.2 Å². The fraction of sp³-hybridized carbons (Fsp3) is 0.333. The second kappa shape index (κ2) is 4.76. The Bertz CT molecular complexity index is 233. The summed E-state index contributed by atoms with van der Waals surface area (Å²) in [5, 5.41) is 0. The Kier molecular flexibility index (Phi) is 3.59. The van der Waals surface area contributed by atoms with Crippen LogP contribution in [0.1, 0.15) is 31.7 Å². The highest BCUT2D eigenvalue weighted by atomic mass is 14.0. The molecule has 0 atom stereocenters. The van der Waals surface area contributed by atoms with E-state index >= 15 is 0 Å². The number of hydrogen-bond acceptors (Lipinski definition) is 0. The Labute approximate surface area is 74.9 Å². The van der Waals surface area contributed by atoms with Crippen LogP contribution in [0.4, 0.5) is 0 Å². The van der Waals surface area contributed by atoms with Gasteiger partial charge in [-0.1, -0.05) is 50.3 Å². The van der Waals surface area contributed by atoms with Gasteiger partial charge >= 0.3 is 0 Å². The van der Waals surface area contributed by atoms with Gasteiger partial charge in [-0.05, 0) is 24.0 Å². The first-order valence-corrected chi connectivity index (χ1v) is 4.51. The first kappa shape index (κ1) is 9.05. The number of allylic oxidation sites excluding steroid dienone is 1. The zero-order valence-corrected chi connectivity index (χ0v) is 7.59. The third-order valence-corrected chi connectivity index (χ3v) is 1.94. The molecule has 1 aromatic rings. The molecule has 0 aliphatic rings. The van der Waals surface area contributed by atoms with E-state index in [9.17, 15) is 0 Å². The second-order valence-electron chi connectivity index (χ2n) is 2.99. The zero-order chi connectivity index (χ0) is 8.81. The lowest BCUT2D eigenvalue weighted by Crippen LogP contribution is -1.81. The summed E-state index contributed by atoms with van der Waals surface area (Å²) in [5.74, 6) is 0. The summed E-state index contributed by atoms with van der Waals surface area (Å²) in [6, 6.07) is 10.2. The van der Waals surface area contributed by atoms with Crippen molar-refractivity contribution in [3.8, 4) is 0 Å². The van der Waals surface area contributed by atoms with Gasteiger partial charge in [-0.15, -0.1) is 0 Å². The van der Waals surface area contributed by atoms with Crippen LogP contribution in [0.25, 0.3) is 5.57 Å². The van der Waals surface area contributed by atoms with E-state index in [4.69, 9.17) is 6.58 Å². The third kappa shape index (κ3) is 2.54. The minimum absolute atomic E-state index is 1.01. The van der Waals surface area contributed by atoms with E-state index in [2.05, 4.69) is 19.1 Å². The highest BCUT2D eigenvalue weighted by Gasteiger charge is 1.95. The molecular formula is C12H15. The Morgan fingerprint density at radius 2 is 1.92 bits per heavy atom. The van der Waals surface area contributed by atoms with Gasteiger partial charge in [-0.25, -0.2) is 0 Å². The van der Waals surface area contributed by atoms with Crippen LogP contribution in [-0.2, 0) is 0 Å². The molecule has 0 fully saturated rings. The molecule has 0 aromatic heterocycles. The molecule has 0 aliphatic heterocycles. The molecule has 0 bridgehead atoms. The normalized spacial score (nSPS) is 9.75. The van der Waals surface area contributed by atoms with Crippen molar-refractivity contribution in [1.82, 2.24) is 0 Å². The maximum Gasteiger partial charge on any atom is -0.0225 e. The molecular weight excluding hydrogens is 144 g/mol. The molecule has 0 heterocycles. The van der Waals surface area contributed by atoms with E-state index in [-0.39, 0.29) is 0 Å². The van der Waals surface area contributed by atoms with E-state index < -0.39 is 0 Å². The number of benzene rings is 1. The van der Waals surface area contributed by atoms with Gasteiger partial charge in [-0.2, -0.15) is 0 Å². The lowest BCUT2D eigenvalue weighted by molar-refractivity contribution is 0.824. The second-order valence-corrected chi connectivity index (χ2v) is 2.99. The smallest absolute Gasteiger partial charge is 0.0225 e. The van der Waals surface area contributed by atoms with Crippen molar-refractivity contribution >= 4 is 5.57 Å². The summed E-state index contributed by atoms with van der Waals surface area (Å²) in [5.41, 5.74) is 2.18. The summed E-state index contributed by atoms with van der Waals surface area (Å²) in [6.07, 6.45) is 3.40. The highest BCUT2D eigenvalue weighted by Crippen LogP contribution is 2.17. The van der Waals surface area contributed by atoms with Crippen molar-refractivity contribution in [2.75, 3.05) is 0 Å². The van der Waals surface area contributed by atoms with Gasteiger partial charge in [0.05, 0.1) is 0 Å². The van der Waals surface area contributed by atoms with Crippen LogP contribution in [0.2, 0.25) is 0 Å². The van der Waals surface area contributed by atoms with Crippen LogP contribution in [-0.4, -0.2) is 0 Å². The third-order valence-electron chi connectivity index (χ3n) is 1.94. The SMILES string of the molecule is [CH]=C(CCCC)c1ccccc1. The fourth-order valence-corrected chi connectivity index (χ4v) is 1.16. The maximum absolute atomic E-state index is 5.90. The zero-order valence-electron chi connectivity index (χ0n) is 7.59. The molecule has 1 radical (unpaired) electrons. The molecule has 0 N–H and O–H groups in total. The first-order chi connectivity index (χ1) is 5.84. The van der Waals surface area contributed by atoms with Crippen molar-refractivity contribution < 1.29 is 0 Å². The minimum atomic E-state index is 1.01. The average Bonchev–Trinajstić information content (AvgIpc) is 2.15. The van der Waals surface area contributed by atoms with Crippen LogP contribution >= 0.6 is 0 Å². The van der Waals surface area contributed by atoms with Gasteiger partial charge < -0.3 is 0 Å². The summed E-state index contributed by atoms with van der Waals surface area (Å²) in [7, 11) is 0. The van der Waals surface area contributed by atoms with Crippen molar-refractivity contribution in [3.05, 3.63) is 42.5 Å². The minimum Gasteiger partial charge on any atom is -0.0654 e. The summed E-state index contributed by atoms with van der Waals surface area (Å²) in [4.78, 5) is 0. The molecule has 0 amide bonds. The molecule has 12 heavy (non-hydrogen) atoms. The lowest BCUT2D eigenvalue weighted by atomic mass is 10.0. The predicted molar refractivity (Wildman–Crippen MR) is 53.7 cm³/mol. The van der Waals surface area contributed by atoms with Crippen LogP contribution < -0.4 is 0 Å². The van der Waals surface area contributed by atoms with Crippen LogP contribution in [0.3, 0.4) is 0 Å². The van der Waals surface area contributed by atoms with Gasteiger partial charge in [0.25, 0.3) is 0 Å². The molecule has 0 nitrogen and oxygen atoms in total. The Morgan fingerprint density at radius 3 is 2.50 bits per heavy atom. The Morgan fingerprint density at radius 1 is 1.25 bits per heavy atom. The van der Waals surface area contributed by atoms with Crippen molar-refractivity contribution in [1.29, 1.82) is 0 Å². The molecule has 1 rings (SSSR count). The highest BCUT2D eigenvalue weighted by molar-refractivity contribution is 5.61. The maximum atomic E-state index is 5.90. The van der Waals surface area contributed by atoms with Crippen molar-refractivity contribution in [2.24, 2.45) is 0 Å². The molecule has 0 saturated heterocycles. The van der Waals surface area contributed by atoms with Gasteiger partial charge in [-0.3, -0.25) is 0 Å². The van der Waals surface area contributed by atoms with Gasteiger partial charge in [0, 0.05) is 0 Å². The van der Waals surface area contributed by atoms with Crippen LogP contribution in [0, 0.1) is 6.58 Å². The van der Waals surface area contributed by atoms with E-state index in [1.165, 1.54) is 18.4 Å². The number of unbranched alkanes of at least 4 members (excludes halogenated alkanes) is 1. The monoisotopic (exact) mass is 159 g/mol. The van der Waals surface area contributed by atoms with E-state index in [0.29, 0.717) is 0 Å². The summed E-state index contributed by atoms with van der Waals surface area (Å²) >= 11 is 0. The standard InChI is InChI=1S/C12H15/c1-3-4-8-11(2)12-9-6-5-7-10-12/h2,5-7,9-10H,3-4,8H2,1H3. The van der Waals surface area contributed by atoms with Crippen molar-refractivity contribution in [2.45, 2.75) is 26.2 Å². The summed E-state index contributed by atoms with van der Waals surface area (Å²) < 4.78 is 0. The van der Waals surface area contributed by atoms with Crippen LogP contribution in [0.5, 0.6) is 0 Å². The van der Waals surface area contributed by atoms with E-state index in [0.717, 1.165) is 12.0 Å². The lowest BCUT2D eigenvalue weighted by Gasteiger charge is -2.03. The first-order valence-electron chi connectivity index (χ1n) is 4.51.